The second-order valence-electron chi connectivity index (χ2n) is 5.05. The zero-order valence-electron chi connectivity index (χ0n) is 9.75. The molecule has 3 N–H and O–H groups in total. The zero-order valence-corrected chi connectivity index (χ0v) is 9.75. The molecule has 0 aromatic heterocycles. The molecule has 15 heavy (non-hydrogen) atoms. The Hall–Kier alpha value is -0.120. The van der Waals surface area contributed by atoms with Crippen LogP contribution in [0.15, 0.2) is 0 Å². The molecule has 2 fully saturated rings. The van der Waals surface area contributed by atoms with Crippen molar-refractivity contribution in [2.75, 3.05) is 32.7 Å². The van der Waals surface area contributed by atoms with Gasteiger partial charge in [-0.25, -0.2) is 0 Å². The van der Waals surface area contributed by atoms with Crippen molar-refractivity contribution in [1.29, 1.82) is 0 Å². The first kappa shape index (κ1) is 11.4. The van der Waals surface area contributed by atoms with E-state index >= 15 is 0 Å². The van der Waals surface area contributed by atoms with Crippen LogP contribution >= 0.6 is 0 Å². The van der Waals surface area contributed by atoms with Gasteiger partial charge in [0.1, 0.15) is 0 Å². The van der Waals surface area contributed by atoms with E-state index in [1.165, 1.54) is 58.3 Å². The van der Waals surface area contributed by atoms with Crippen LogP contribution in [0.4, 0.5) is 0 Å². The number of hydrogen-bond acceptors (Lipinski definition) is 3. The minimum Gasteiger partial charge on any atom is -0.330 e. The molecule has 88 valence electrons. The number of rotatable bonds is 2. The molecule has 0 aromatic rings. The molecule has 0 spiro atoms. The van der Waals surface area contributed by atoms with Gasteiger partial charge < -0.3 is 11.1 Å². The van der Waals surface area contributed by atoms with Crippen molar-refractivity contribution in [3.63, 3.8) is 0 Å². The van der Waals surface area contributed by atoms with Gasteiger partial charge >= 0.3 is 0 Å². The van der Waals surface area contributed by atoms with E-state index in [0.717, 1.165) is 18.5 Å². The van der Waals surface area contributed by atoms with Crippen molar-refractivity contribution in [2.24, 2.45) is 11.7 Å². The molecular weight excluding hydrogens is 186 g/mol. The van der Waals surface area contributed by atoms with Crippen molar-refractivity contribution in [3.8, 4) is 0 Å². The highest BCUT2D eigenvalue weighted by Crippen LogP contribution is 2.27. The van der Waals surface area contributed by atoms with E-state index in [0.29, 0.717) is 0 Å². The van der Waals surface area contributed by atoms with Crippen LogP contribution in [-0.2, 0) is 0 Å². The summed E-state index contributed by atoms with van der Waals surface area (Å²) < 4.78 is 0. The lowest BCUT2D eigenvalue weighted by Crippen LogP contribution is -2.40. The summed E-state index contributed by atoms with van der Waals surface area (Å²) in [5.41, 5.74) is 5.73. The number of nitrogens with zero attached hydrogens (tertiary/aromatic N) is 1. The quantitative estimate of drug-likeness (QED) is 0.710. The van der Waals surface area contributed by atoms with Crippen molar-refractivity contribution < 1.29 is 0 Å². The molecular formula is C12H25N3. The van der Waals surface area contributed by atoms with Crippen LogP contribution in [0.2, 0.25) is 0 Å². The predicted octanol–water partition coefficient (Wildman–Crippen LogP) is 0.799. The molecule has 2 aliphatic rings. The summed E-state index contributed by atoms with van der Waals surface area (Å²) in [5, 5.41) is 3.47. The molecule has 1 saturated heterocycles. The molecule has 2 rings (SSSR count). The third-order valence-corrected chi connectivity index (χ3v) is 4.04. The van der Waals surface area contributed by atoms with Crippen LogP contribution in [-0.4, -0.2) is 43.7 Å². The smallest absolute Gasteiger partial charge is 0.0110 e. The van der Waals surface area contributed by atoms with E-state index in [4.69, 9.17) is 5.73 Å². The summed E-state index contributed by atoms with van der Waals surface area (Å²) in [4.78, 5) is 2.70. The fraction of sp³-hybridized carbons (Fsp3) is 1.00. The maximum Gasteiger partial charge on any atom is 0.0110 e. The first-order valence-corrected chi connectivity index (χ1v) is 6.55. The highest BCUT2D eigenvalue weighted by Gasteiger charge is 2.25. The van der Waals surface area contributed by atoms with Crippen LogP contribution in [0, 0.1) is 5.92 Å². The predicted molar refractivity (Wildman–Crippen MR) is 63.9 cm³/mol. The average Bonchev–Trinajstić information content (AvgIpc) is 2.58. The lowest BCUT2D eigenvalue weighted by molar-refractivity contribution is 0.145. The van der Waals surface area contributed by atoms with Crippen LogP contribution in [0.25, 0.3) is 0 Å². The molecule has 0 unspecified atom stereocenters. The summed E-state index contributed by atoms with van der Waals surface area (Å²) in [5.74, 6) is 0.811. The summed E-state index contributed by atoms with van der Waals surface area (Å²) in [6.07, 6.45) is 6.77. The molecule has 0 atom stereocenters. The molecule has 0 aromatic carbocycles. The summed E-state index contributed by atoms with van der Waals surface area (Å²) >= 11 is 0. The Kier molecular flexibility index (Phi) is 4.42. The lowest BCUT2D eigenvalue weighted by atomic mass is 9.85. The van der Waals surface area contributed by atoms with Gasteiger partial charge in [-0.3, -0.25) is 4.90 Å². The zero-order chi connectivity index (χ0) is 10.5. The Morgan fingerprint density at radius 2 is 1.87 bits per heavy atom. The Morgan fingerprint density at radius 3 is 2.60 bits per heavy atom. The van der Waals surface area contributed by atoms with E-state index < -0.39 is 0 Å². The molecule has 1 saturated carbocycles. The van der Waals surface area contributed by atoms with Gasteiger partial charge in [0, 0.05) is 19.1 Å². The van der Waals surface area contributed by atoms with Crippen molar-refractivity contribution in [1.82, 2.24) is 10.2 Å². The van der Waals surface area contributed by atoms with Gasteiger partial charge in [-0.1, -0.05) is 0 Å². The largest absolute Gasteiger partial charge is 0.330 e. The SMILES string of the molecule is NCC1CCC(N2CCCNCC2)CC1. The monoisotopic (exact) mass is 211 g/mol. The fourth-order valence-corrected chi connectivity index (χ4v) is 2.98. The molecule has 1 heterocycles. The van der Waals surface area contributed by atoms with E-state index in [-0.39, 0.29) is 0 Å². The third-order valence-electron chi connectivity index (χ3n) is 4.04. The maximum atomic E-state index is 5.73. The summed E-state index contributed by atoms with van der Waals surface area (Å²) in [6.45, 7) is 5.82. The first-order valence-electron chi connectivity index (χ1n) is 6.55. The van der Waals surface area contributed by atoms with Crippen LogP contribution in [0.5, 0.6) is 0 Å². The molecule has 1 aliphatic heterocycles. The van der Waals surface area contributed by atoms with Gasteiger partial charge in [0.2, 0.25) is 0 Å². The molecule has 3 heteroatoms. The topological polar surface area (TPSA) is 41.3 Å². The molecule has 3 nitrogen and oxygen atoms in total. The first-order chi connectivity index (χ1) is 7.40. The third kappa shape index (κ3) is 3.16. The van der Waals surface area contributed by atoms with E-state index in [1.807, 2.05) is 0 Å². The second-order valence-corrected chi connectivity index (χ2v) is 5.05. The molecule has 0 radical (unpaired) electrons. The average molecular weight is 211 g/mol. The highest BCUT2D eigenvalue weighted by atomic mass is 15.2. The van der Waals surface area contributed by atoms with Crippen molar-refractivity contribution >= 4 is 0 Å². The van der Waals surface area contributed by atoms with Gasteiger partial charge in [0.25, 0.3) is 0 Å². The Labute approximate surface area is 93.4 Å². The number of nitrogens with one attached hydrogen (secondary N) is 1. The van der Waals surface area contributed by atoms with E-state index in [9.17, 15) is 0 Å². The van der Waals surface area contributed by atoms with Gasteiger partial charge in [-0.15, -0.1) is 0 Å². The Bertz CT molecular complexity index is 168. The van der Waals surface area contributed by atoms with Crippen LogP contribution in [0.1, 0.15) is 32.1 Å². The normalized spacial score (nSPS) is 35.0. The summed E-state index contributed by atoms with van der Waals surface area (Å²) in [6, 6.07) is 0.854. The standard InChI is InChI=1S/C12H25N3/c13-10-11-2-4-12(5-3-11)15-8-1-6-14-7-9-15/h11-12,14H,1-10,13H2. The van der Waals surface area contributed by atoms with Gasteiger partial charge in [-0.05, 0) is 57.7 Å². The maximum absolute atomic E-state index is 5.73. The van der Waals surface area contributed by atoms with Crippen molar-refractivity contribution in [3.05, 3.63) is 0 Å². The lowest BCUT2D eigenvalue weighted by Gasteiger charge is -2.35. The fourth-order valence-electron chi connectivity index (χ4n) is 2.98. The van der Waals surface area contributed by atoms with Crippen LogP contribution in [0.3, 0.4) is 0 Å². The van der Waals surface area contributed by atoms with E-state index in [2.05, 4.69) is 10.2 Å². The van der Waals surface area contributed by atoms with Gasteiger partial charge in [-0.2, -0.15) is 0 Å². The minimum atomic E-state index is 0.811. The van der Waals surface area contributed by atoms with Gasteiger partial charge in [0.05, 0.1) is 0 Å². The molecule has 0 bridgehead atoms. The Balaban J connectivity index is 1.78. The number of nitrogens with two attached hydrogens (primary N) is 1. The number of hydrogen-bond donors (Lipinski definition) is 2. The molecule has 0 amide bonds. The Morgan fingerprint density at radius 1 is 1.07 bits per heavy atom. The highest BCUT2D eigenvalue weighted by molar-refractivity contribution is 4.81. The van der Waals surface area contributed by atoms with Crippen LogP contribution < -0.4 is 11.1 Å². The minimum absolute atomic E-state index is 0.811. The van der Waals surface area contributed by atoms with Crippen molar-refractivity contribution in [2.45, 2.75) is 38.1 Å². The molecule has 1 aliphatic carbocycles. The second kappa shape index (κ2) is 5.83. The van der Waals surface area contributed by atoms with Gasteiger partial charge in [0.15, 0.2) is 0 Å². The van der Waals surface area contributed by atoms with E-state index in [1.54, 1.807) is 0 Å². The summed E-state index contributed by atoms with van der Waals surface area (Å²) in [7, 11) is 0.